The summed E-state index contributed by atoms with van der Waals surface area (Å²) < 4.78 is 8.97. The Balaban J connectivity index is 0.974. The topological polar surface area (TPSA) is 16.4 Å². The Kier molecular flexibility index (Phi) is 7.39. The summed E-state index contributed by atoms with van der Waals surface area (Å²) in [4.78, 5) is 2.34. The molecule has 3 heteroatoms. The maximum atomic E-state index is 6.38. The van der Waals surface area contributed by atoms with Gasteiger partial charge in [-0.15, -0.1) is 11.3 Å². The first kappa shape index (κ1) is 31.6. The predicted octanol–water partition coefficient (Wildman–Crippen LogP) is 15.6. The molecule has 0 amide bonds. The molecule has 0 spiro atoms. The van der Waals surface area contributed by atoms with Crippen molar-refractivity contribution in [1.82, 2.24) is 0 Å². The van der Waals surface area contributed by atoms with Crippen molar-refractivity contribution in [3.63, 3.8) is 0 Å². The van der Waals surface area contributed by atoms with Crippen molar-refractivity contribution >= 4 is 81.3 Å². The van der Waals surface area contributed by atoms with Crippen LogP contribution in [0.1, 0.15) is 0 Å². The number of para-hydroxylation sites is 1. The fraction of sp³-hybridized carbons (Fsp3) is 0. The molecule has 0 aliphatic rings. The summed E-state index contributed by atoms with van der Waals surface area (Å²) >= 11 is 1.84. The van der Waals surface area contributed by atoms with E-state index in [9.17, 15) is 0 Å². The van der Waals surface area contributed by atoms with Crippen LogP contribution in [0.5, 0.6) is 0 Å². The van der Waals surface area contributed by atoms with Crippen LogP contribution in [0, 0.1) is 0 Å². The zero-order valence-corrected chi connectivity index (χ0v) is 30.6. The highest BCUT2D eigenvalue weighted by atomic mass is 32.1. The van der Waals surface area contributed by atoms with Crippen LogP contribution in [-0.4, -0.2) is 0 Å². The van der Waals surface area contributed by atoms with Gasteiger partial charge >= 0.3 is 0 Å². The standard InChI is InChI=1S/C52H33NOS/c1-2-10-36-30-41(20-19-34(36)9-1)40-14-8-13-39(31-40)38-12-7-11-37(29-38)35-21-23-42(24-22-35)53(43-26-28-52-48(32-43)47-16-4-6-18-51(47)55-52)44-25-27-46-45-15-3-5-17-49(45)54-50(46)33-44/h1-33H. The smallest absolute Gasteiger partial charge is 0.137 e. The average Bonchev–Trinajstić information content (AvgIpc) is 3.82. The lowest BCUT2D eigenvalue weighted by atomic mass is 9.95. The molecule has 9 aromatic carbocycles. The fourth-order valence-electron chi connectivity index (χ4n) is 8.08. The van der Waals surface area contributed by atoms with E-state index in [0.717, 1.165) is 39.0 Å². The molecule has 0 bridgehead atoms. The summed E-state index contributed by atoms with van der Waals surface area (Å²) in [6.45, 7) is 0. The molecule has 2 nitrogen and oxygen atoms in total. The predicted molar refractivity (Wildman–Crippen MR) is 235 cm³/mol. The van der Waals surface area contributed by atoms with Gasteiger partial charge in [-0.25, -0.2) is 0 Å². The van der Waals surface area contributed by atoms with E-state index in [0.29, 0.717) is 0 Å². The monoisotopic (exact) mass is 719 g/mol. The Bertz CT molecular complexity index is 3220. The van der Waals surface area contributed by atoms with Crippen molar-refractivity contribution < 1.29 is 4.42 Å². The highest BCUT2D eigenvalue weighted by molar-refractivity contribution is 7.25. The Morgan fingerprint density at radius 3 is 1.67 bits per heavy atom. The SMILES string of the molecule is c1cc(-c2ccc(N(c3ccc4c(c3)oc3ccccc34)c3ccc4sc5ccccc5c4c3)cc2)cc(-c2cccc(-c3ccc4ccccc4c3)c2)c1. The van der Waals surface area contributed by atoms with Crippen LogP contribution in [-0.2, 0) is 0 Å². The number of fused-ring (bicyclic) bond motifs is 7. The van der Waals surface area contributed by atoms with Crippen molar-refractivity contribution in [2.24, 2.45) is 0 Å². The zero-order valence-electron chi connectivity index (χ0n) is 29.8. The molecule has 0 fully saturated rings. The minimum atomic E-state index is 0.879. The zero-order chi connectivity index (χ0) is 36.3. The summed E-state index contributed by atoms with van der Waals surface area (Å²) in [5.74, 6) is 0. The minimum absolute atomic E-state index is 0.879. The molecular weight excluding hydrogens is 687 g/mol. The summed E-state index contributed by atoms with van der Waals surface area (Å²) in [5.41, 5.74) is 12.2. The van der Waals surface area contributed by atoms with E-state index in [1.54, 1.807) is 0 Å². The first-order valence-corrected chi connectivity index (χ1v) is 19.5. The van der Waals surface area contributed by atoms with Gasteiger partial charge in [-0.3, -0.25) is 0 Å². The molecule has 0 aliphatic carbocycles. The fourth-order valence-corrected chi connectivity index (χ4v) is 9.17. The van der Waals surface area contributed by atoms with E-state index >= 15 is 0 Å². The second-order valence-corrected chi connectivity index (χ2v) is 15.2. The number of hydrogen-bond donors (Lipinski definition) is 0. The molecule has 2 heterocycles. The second kappa shape index (κ2) is 12.9. The van der Waals surface area contributed by atoms with Crippen molar-refractivity contribution in [1.29, 1.82) is 0 Å². The van der Waals surface area contributed by atoms with Gasteiger partial charge in [0.1, 0.15) is 11.2 Å². The molecule has 11 aromatic rings. The molecule has 0 atom stereocenters. The highest BCUT2D eigenvalue weighted by Crippen LogP contribution is 2.43. The van der Waals surface area contributed by atoms with E-state index in [1.807, 2.05) is 23.5 Å². The first-order valence-electron chi connectivity index (χ1n) is 18.6. The minimum Gasteiger partial charge on any atom is -0.456 e. The molecule has 258 valence electrons. The van der Waals surface area contributed by atoms with E-state index in [1.165, 1.54) is 64.3 Å². The highest BCUT2D eigenvalue weighted by Gasteiger charge is 2.17. The van der Waals surface area contributed by atoms with Gasteiger partial charge in [0.05, 0.1) is 0 Å². The van der Waals surface area contributed by atoms with Crippen LogP contribution in [0.15, 0.2) is 205 Å². The van der Waals surface area contributed by atoms with Gasteiger partial charge in [0.25, 0.3) is 0 Å². The summed E-state index contributed by atoms with van der Waals surface area (Å²) in [6, 6.07) is 72.3. The third kappa shape index (κ3) is 5.56. The summed E-state index contributed by atoms with van der Waals surface area (Å²) in [5, 5.41) is 7.32. The number of furan rings is 1. The van der Waals surface area contributed by atoms with Crippen LogP contribution in [0.25, 0.3) is 86.3 Å². The number of anilines is 3. The summed E-state index contributed by atoms with van der Waals surface area (Å²) in [6.07, 6.45) is 0. The average molecular weight is 720 g/mol. The Hall–Kier alpha value is -6.94. The van der Waals surface area contributed by atoms with Crippen molar-refractivity contribution in [2.45, 2.75) is 0 Å². The molecule has 0 N–H and O–H groups in total. The van der Waals surface area contributed by atoms with Crippen LogP contribution in [0.2, 0.25) is 0 Å². The Labute approximate surface area is 322 Å². The molecule has 55 heavy (non-hydrogen) atoms. The van der Waals surface area contributed by atoms with Gasteiger partial charge in [0.2, 0.25) is 0 Å². The molecule has 2 aromatic heterocycles. The van der Waals surface area contributed by atoms with Crippen molar-refractivity contribution in [3.05, 3.63) is 200 Å². The lowest BCUT2D eigenvalue weighted by Gasteiger charge is -2.26. The number of rotatable bonds is 6. The van der Waals surface area contributed by atoms with E-state index in [4.69, 9.17) is 4.42 Å². The van der Waals surface area contributed by atoms with Crippen molar-refractivity contribution in [2.75, 3.05) is 4.90 Å². The molecule has 0 aliphatic heterocycles. The van der Waals surface area contributed by atoms with E-state index in [2.05, 4.69) is 193 Å². The van der Waals surface area contributed by atoms with Crippen LogP contribution in [0.3, 0.4) is 0 Å². The van der Waals surface area contributed by atoms with Crippen LogP contribution < -0.4 is 4.90 Å². The van der Waals surface area contributed by atoms with Gasteiger partial charge in [-0.05, 0) is 117 Å². The lowest BCUT2D eigenvalue weighted by Crippen LogP contribution is -2.09. The summed E-state index contributed by atoms with van der Waals surface area (Å²) in [7, 11) is 0. The molecule has 0 radical (unpaired) electrons. The van der Waals surface area contributed by atoms with Crippen LogP contribution in [0.4, 0.5) is 17.1 Å². The number of thiophene rings is 1. The molecule has 0 unspecified atom stereocenters. The van der Waals surface area contributed by atoms with Gasteiger partial charge in [0.15, 0.2) is 0 Å². The maximum absolute atomic E-state index is 6.38. The van der Waals surface area contributed by atoms with Gasteiger partial charge < -0.3 is 9.32 Å². The van der Waals surface area contributed by atoms with Gasteiger partial charge in [-0.1, -0.05) is 121 Å². The van der Waals surface area contributed by atoms with Gasteiger partial charge in [0, 0.05) is 54.1 Å². The van der Waals surface area contributed by atoms with Crippen LogP contribution >= 0.6 is 11.3 Å². The third-order valence-corrected chi connectivity index (χ3v) is 12.0. The van der Waals surface area contributed by atoms with E-state index in [-0.39, 0.29) is 0 Å². The lowest BCUT2D eigenvalue weighted by molar-refractivity contribution is 0.669. The Morgan fingerprint density at radius 1 is 0.309 bits per heavy atom. The third-order valence-electron chi connectivity index (χ3n) is 10.8. The largest absolute Gasteiger partial charge is 0.456 e. The first-order chi connectivity index (χ1) is 27.2. The molecule has 11 rings (SSSR count). The second-order valence-electron chi connectivity index (χ2n) is 14.2. The van der Waals surface area contributed by atoms with Gasteiger partial charge in [-0.2, -0.15) is 0 Å². The number of hydrogen-bond acceptors (Lipinski definition) is 3. The van der Waals surface area contributed by atoms with Crippen molar-refractivity contribution in [3.8, 4) is 33.4 Å². The number of benzene rings is 9. The quantitative estimate of drug-likeness (QED) is 0.170. The number of nitrogens with zero attached hydrogens (tertiary/aromatic N) is 1. The maximum Gasteiger partial charge on any atom is 0.137 e. The van der Waals surface area contributed by atoms with E-state index < -0.39 is 0 Å². The normalized spacial score (nSPS) is 11.6. The Morgan fingerprint density at radius 2 is 0.873 bits per heavy atom. The molecule has 0 saturated carbocycles. The molecule has 0 saturated heterocycles. The molecular formula is C52H33NOS.